The molecule has 0 bridgehead atoms. The summed E-state index contributed by atoms with van der Waals surface area (Å²) in [7, 11) is 0. The summed E-state index contributed by atoms with van der Waals surface area (Å²) in [6.07, 6.45) is 7.13. The van der Waals surface area contributed by atoms with Gasteiger partial charge in [-0.25, -0.2) is 0 Å². The average molecular weight is 225 g/mol. The van der Waals surface area contributed by atoms with E-state index in [-0.39, 0.29) is 0 Å². The Kier molecular flexibility index (Phi) is 8.64. The normalized spacial score (nSPS) is 17.9. The average Bonchev–Trinajstić information content (AvgIpc) is 2.25. The molecule has 96 valence electrons. The Hall–Kier alpha value is -0.300. The molecule has 0 saturated carbocycles. The maximum absolute atomic E-state index is 3.65. The summed E-state index contributed by atoms with van der Waals surface area (Å²) in [6.45, 7) is 14.7. The van der Waals surface area contributed by atoms with Gasteiger partial charge >= 0.3 is 0 Å². The molecule has 0 aliphatic rings. The lowest BCUT2D eigenvalue weighted by atomic mass is 9.93. The Morgan fingerprint density at radius 1 is 1.12 bits per heavy atom. The molecule has 0 aromatic rings. The van der Waals surface area contributed by atoms with Gasteiger partial charge in [0, 0.05) is 12.6 Å². The number of allylic oxidation sites excluding steroid dienone is 1. The van der Waals surface area contributed by atoms with Crippen LogP contribution in [0.15, 0.2) is 12.2 Å². The molecule has 0 spiro atoms. The quantitative estimate of drug-likeness (QED) is 0.609. The first-order valence-corrected chi connectivity index (χ1v) is 6.87. The molecular weight excluding hydrogens is 194 g/mol. The summed E-state index contributed by atoms with van der Waals surface area (Å²) in [6, 6.07) is 0.615. The van der Waals surface area contributed by atoms with Gasteiger partial charge in [-0.1, -0.05) is 46.3 Å². The Labute approximate surface area is 103 Å². The van der Waals surface area contributed by atoms with Gasteiger partial charge < -0.3 is 5.32 Å². The molecule has 0 fully saturated rings. The van der Waals surface area contributed by atoms with Crippen molar-refractivity contribution in [3.8, 4) is 0 Å². The van der Waals surface area contributed by atoms with Gasteiger partial charge in [0.25, 0.3) is 0 Å². The Balaban J connectivity index is 4.03. The van der Waals surface area contributed by atoms with Crippen molar-refractivity contribution in [2.24, 2.45) is 17.8 Å². The van der Waals surface area contributed by atoms with Gasteiger partial charge in [-0.2, -0.15) is 0 Å². The third-order valence-electron chi connectivity index (χ3n) is 3.57. The summed E-state index contributed by atoms with van der Waals surface area (Å²) in [5.74, 6) is 2.24. The zero-order valence-electron chi connectivity index (χ0n) is 12.1. The minimum absolute atomic E-state index is 0.615. The smallest absolute Gasteiger partial charge is 0.00619 e. The molecule has 0 saturated heterocycles. The molecule has 16 heavy (non-hydrogen) atoms. The SMILES string of the molecule is CC=CC(CNC(C)C(C)C)CC(C)CC. The van der Waals surface area contributed by atoms with E-state index in [2.05, 4.69) is 59.0 Å². The number of hydrogen-bond acceptors (Lipinski definition) is 1. The van der Waals surface area contributed by atoms with Crippen LogP contribution in [0.1, 0.15) is 54.4 Å². The number of hydrogen-bond donors (Lipinski definition) is 1. The van der Waals surface area contributed by atoms with Crippen LogP contribution < -0.4 is 5.32 Å². The van der Waals surface area contributed by atoms with Gasteiger partial charge in [-0.05, 0) is 38.0 Å². The minimum atomic E-state index is 0.615. The van der Waals surface area contributed by atoms with E-state index in [0.29, 0.717) is 12.0 Å². The van der Waals surface area contributed by atoms with Crippen LogP contribution in [0.4, 0.5) is 0 Å². The summed E-state index contributed by atoms with van der Waals surface area (Å²) in [5.41, 5.74) is 0. The van der Waals surface area contributed by atoms with Crippen LogP contribution in [-0.2, 0) is 0 Å². The lowest BCUT2D eigenvalue weighted by Crippen LogP contribution is -2.34. The summed E-state index contributed by atoms with van der Waals surface area (Å²) in [5, 5.41) is 3.65. The zero-order valence-corrected chi connectivity index (χ0v) is 12.1. The van der Waals surface area contributed by atoms with Gasteiger partial charge in [0.1, 0.15) is 0 Å². The van der Waals surface area contributed by atoms with Crippen LogP contribution in [0.5, 0.6) is 0 Å². The molecule has 0 radical (unpaired) electrons. The molecule has 0 heterocycles. The first kappa shape index (κ1) is 15.7. The summed E-state index contributed by atoms with van der Waals surface area (Å²) >= 11 is 0. The molecule has 0 aliphatic heterocycles. The van der Waals surface area contributed by atoms with Crippen LogP contribution in [0.3, 0.4) is 0 Å². The van der Waals surface area contributed by atoms with Crippen molar-refractivity contribution in [2.75, 3.05) is 6.54 Å². The highest BCUT2D eigenvalue weighted by atomic mass is 14.9. The van der Waals surface area contributed by atoms with Crippen LogP contribution >= 0.6 is 0 Å². The van der Waals surface area contributed by atoms with Crippen LogP contribution in [0.25, 0.3) is 0 Å². The molecule has 1 heteroatoms. The van der Waals surface area contributed by atoms with Crippen molar-refractivity contribution < 1.29 is 0 Å². The van der Waals surface area contributed by atoms with Gasteiger partial charge in [0.2, 0.25) is 0 Å². The molecule has 1 N–H and O–H groups in total. The second-order valence-corrected chi connectivity index (χ2v) is 5.48. The van der Waals surface area contributed by atoms with Gasteiger partial charge in [-0.3, -0.25) is 0 Å². The van der Waals surface area contributed by atoms with E-state index in [0.717, 1.165) is 18.4 Å². The van der Waals surface area contributed by atoms with Crippen molar-refractivity contribution >= 4 is 0 Å². The lowest BCUT2D eigenvalue weighted by Gasteiger charge is -2.22. The number of nitrogens with one attached hydrogen (secondary N) is 1. The van der Waals surface area contributed by atoms with E-state index in [4.69, 9.17) is 0 Å². The highest BCUT2D eigenvalue weighted by Crippen LogP contribution is 2.16. The van der Waals surface area contributed by atoms with Gasteiger partial charge in [0.15, 0.2) is 0 Å². The second-order valence-electron chi connectivity index (χ2n) is 5.48. The molecule has 1 nitrogen and oxygen atoms in total. The van der Waals surface area contributed by atoms with Gasteiger partial charge in [-0.15, -0.1) is 0 Å². The standard InChI is InChI=1S/C15H31N/c1-7-9-15(10-13(5)8-2)11-16-14(6)12(3)4/h7,9,12-16H,8,10-11H2,1-6H3. The molecule has 0 rings (SSSR count). The first-order valence-electron chi connectivity index (χ1n) is 6.87. The zero-order chi connectivity index (χ0) is 12.6. The molecule has 0 aliphatic carbocycles. The highest BCUT2D eigenvalue weighted by Gasteiger charge is 2.12. The molecule has 0 amide bonds. The van der Waals surface area contributed by atoms with E-state index in [1.54, 1.807) is 0 Å². The predicted octanol–water partition coefficient (Wildman–Crippen LogP) is 4.25. The second kappa shape index (κ2) is 8.81. The van der Waals surface area contributed by atoms with Crippen molar-refractivity contribution in [1.29, 1.82) is 0 Å². The predicted molar refractivity (Wildman–Crippen MR) is 74.7 cm³/mol. The van der Waals surface area contributed by atoms with Crippen molar-refractivity contribution in [1.82, 2.24) is 5.32 Å². The van der Waals surface area contributed by atoms with Crippen molar-refractivity contribution in [3.05, 3.63) is 12.2 Å². The third-order valence-corrected chi connectivity index (χ3v) is 3.57. The first-order chi connectivity index (χ1) is 7.51. The molecular formula is C15H31N. The summed E-state index contributed by atoms with van der Waals surface area (Å²) < 4.78 is 0. The highest BCUT2D eigenvalue weighted by molar-refractivity contribution is 4.88. The van der Waals surface area contributed by atoms with Gasteiger partial charge in [0.05, 0.1) is 0 Å². The maximum Gasteiger partial charge on any atom is 0.00619 e. The molecule has 0 aromatic carbocycles. The fourth-order valence-corrected chi connectivity index (χ4v) is 1.76. The van der Waals surface area contributed by atoms with E-state index in [1.165, 1.54) is 12.8 Å². The van der Waals surface area contributed by atoms with E-state index < -0.39 is 0 Å². The van der Waals surface area contributed by atoms with Crippen molar-refractivity contribution in [3.63, 3.8) is 0 Å². The molecule has 3 unspecified atom stereocenters. The monoisotopic (exact) mass is 225 g/mol. The lowest BCUT2D eigenvalue weighted by molar-refractivity contribution is 0.366. The van der Waals surface area contributed by atoms with Crippen LogP contribution in [0, 0.1) is 17.8 Å². The van der Waals surface area contributed by atoms with E-state index >= 15 is 0 Å². The Morgan fingerprint density at radius 3 is 2.19 bits per heavy atom. The summed E-state index contributed by atoms with van der Waals surface area (Å²) in [4.78, 5) is 0. The van der Waals surface area contributed by atoms with Crippen molar-refractivity contribution in [2.45, 2.75) is 60.4 Å². The third kappa shape index (κ3) is 7.05. The molecule has 3 atom stereocenters. The fourth-order valence-electron chi connectivity index (χ4n) is 1.76. The Bertz CT molecular complexity index is 184. The largest absolute Gasteiger partial charge is 0.313 e. The fraction of sp³-hybridized carbons (Fsp3) is 0.867. The molecule has 0 aromatic heterocycles. The number of rotatable bonds is 8. The maximum atomic E-state index is 3.65. The van der Waals surface area contributed by atoms with Crippen LogP contribution in [0.2, 0.25) is 0 Å². The minimum Gasteiger partial charge on any atom is -0.313 e. The van der Waals surface area contributed by atoms with Crippen LogP contribution in [-0.4, -0.2) is 12.6 Å². The van der Waals surface area contributed by atoms with E-state index in [1.807, 2.05) is 0 Å². The Morgan fingerprint density at radius 2 is 1.75 bits per heavy atom. The van der Waals surface area contributed by atoms with E-state index in [9.17, 15) is 0 Å². The topological polar surface area (TPSA) is 12.0 Å².